The molecule has 0 aliphatic rings. The highest BCUT2D eigenvalue weighted by molar-refractivity contribution is 5.86. The maximum atomic E-state index is 11.6. The maximum absolute atomic E-state index is 11.6. The van der Waals surface area contributed by atoms with Crippen molar-refractivity contribution in [2.24, 2.45) is 17.8 Å². The number of rotatable bonds is 10. The quantitative estimate of drug-likeness (QED) is 0.295. The molecule has 0 radical (unpaired) electrons. The minimum absolute atomic E-state index is 0.204. The first-order valence-corrected chi connectivity index (χ1v) is 9.70. The Balaban J connectivity index is 0.00000110. The predicted octanol–water partition coefficient (Wildman–Crippen LogP) is 5.94. The summed E-state index contributed by atoms with van der Waals surface area (Å²) >= 11 is 0. The van der Waals surface area contributed by atoms with Crippen molar-refractivity contribution in [3.8, 4) is 0 Å². The van der Waals surface area contributed by atoms with Gasteiger partial charge in [0.15, 0.2) is 0 Å². The highest BCUT2D eigenvalue weighted by atomic mass is 16.5. The van der Waals surface area contributed by atoms with Crippen LogP contribution >= 0.6 is 0 Å². The van der Waals surface area contributed by atoms with E-state index in [4.69, 9.17) is 4.74 Å². The highest BCUT2D eigenvalue weighted by Crippen LogP contribution is 2.15. The number of carbonyl (C=O) groups is 2. The normalized spacial score (nSPS) is 12.0. The van der Waals surface area contributed by atoms with Gasteiger partial charge in [0.2, 0.25) is 0 Å². The van der Waals surface area contributed by atoms with Crippen LogP contribution in [0, 0.1) is 17.8 Å². The largest absolute Gasteiger partial charge is 0.463 e. The molecule has 0 amide bonds. The van der Waals surface area contributed by atoms with E-state index in [-0.39, 0.29) is 11.9 Å². The molecule has 0 N–H and O–H groups in total. The lowest BCUT2D eigenvalue weighted by atomic mass is 9.98. The number of hydrogen-bond donors (Lipinski definition) is 0. The molecule has 0 aromatic heterocycles. The smallest absolute Gasteiger partial charge is 0.330 e. The molecule has 1 unspecified atom stereocenters. The molecule has 0 aliphatic carbocycles. The number of ether oxygens (including phenoxy) is 1. The van der Waals surface area contributed by atoms with Crippen LogP contribution in [-0.4, -0.2) is 18.9 Å². The molecule has 0 bridgehead atoms. The summed E-state index contributed by atoms with van der Waals surface area (Å²) in [5.41, 5.74) is 1.01. The van der Waals surface area contributed by atoms with Gasteiger partial charge < -0.3 is 9.53 Å². The van der Waals surface area contributed by atoms with Gasteiger partial charge in [0.25, 0.3) is 0 Å². The molecule has 1 atom stereocenters. The van der Waals surface area contributed by atoms with Crippen LogP contribution in [0.5, 0.6) is 0 Å². The average molecular weight is 361 g/mol. The van der Waals surface area contributed by atoms with Crippen molar-refractivity contribution in [3.05, 3.63) is 42.0 Å². The van der Waals surface area contributed by atoms with Crippen molar-refractivity contribution in [2.45, 2.75) is 60.3 Å². The van der Waals surface area contributed by atoms with Crippen LogP contribution in [0.15, 0.2) is 36.4 Å². The summed E-state index contributed by atoms with van der Waals surface area (Å²) in [7, 11) is 0. The molecule has 0 saturated heterocycles. The molecule has 3 heteroatoms. The van der Waals surface area contributed by atoms with Crippen molar-refractivity contribution < 1.29 is 14.3 Å². The highest BCUT2D eigenvalue weighted by Gasteiger charge is 2.05. The lowest BCUT2D eigenvalue weighted by Crippen LogP contribution is -2.06. The average Bonchev–Trinajstić information content (AvgIpc) is 2.61. The van der Waals surface area contributed by atoms with E-state index in [1.165, 1.54) is 25.3 Å². The first kappa shape index (κ1) is 24.1. The van der Waals surface area contributed by atoms with E-state index in [2.05, 4.69) is 20.8 Å². The molecule has 0 spiro atoms. The molecule has 1 aromatic rings. The lowest BCUT2D eigenvalue weighted by molar-refractivity contribution is -0.138. The van der Waals surface area contributed by atoms with E-state index in [1.807, 2.05) is 44.2 Å². The van der Waals surface area contributed by atoms with Gasteiger partial charge in [0, 0.05) is 12.0 Å². The minimum atomic E-state index is -0.256. The zero-order chi connectivity index (χ0) is 19.8. The Morgan fingerprint density at radius 2 is 1.62 bits per heavy atom. The van der Waals surface area contributed by atoms with Crippen molar-refractivity contribution in [2.75, 3.05) is 6.61 Å². The SMILES string of the molecule is CC(C)C=O.CC(C)CCCC(C)CCOC(=O)/C=C/c1ccccc1. The lowest BCUT2D eigenvalue weighted by Gasteiger charge is -2.11. The Labute approximate surface area is 159 Å². The first-order chi connectivity index (χ1) is 12.3. The number of esters is 1. The number of benzene rings is 1. The summed E-state index contributed by atoms with van der Waals surface area (Å²) in [5, 5.41) is 0. The van der Waals surface area contributed by atoms with Crippen LogP contribution in [0.3, 0.4) is 0 Å². The molecule has 1 rings (SSSR count). The third-order valence-corrected chi connectivity index (χ3v) is 3.82. The fourth-order valence-corrected chi connectivity index (χ4v) is 2.16. The monoisotopic (exact) mass is 360 g/mol. The fourth-order valence-electron chi connectivity index (χ4n) is 2.16. The van der Waals surface area contributed by atoms with Crippen LogP contribution in [0.2, 0.25) is 0 Å². The summed E-state index contributed by atoms with van der Waals surface area (Å²) < 4.78 is 5.24. The molecule has 3 nitrogen and oxygen atoms in total. The molecule has 0 heterocycles. The first-order valence-electron chi connectivity index (χ1n) is 9.70. The second kappa shape index (κ2) is 15.4. The van der Waals surface area contributed by atoms with Crippen LogP contribution in [0.25, 0.3) is 6.08 Å². The van der Waals surface area contributed by atoms with Gasteiger partial charge in [-0.3, -0.25) is 0 Å². The number of hydrogen-bond acceptors (Lipinski definition) is 3. The van der Waals surface area contributed by atoms with Crippen LogP contribution in [0.4, 0.5) is 0 Å². The Morgan fingerprint density at radius 1 is 1.00 bits per heavy atom. The fraction of sp³-hybridized carbons (Fsp3) is 0.565. The van der Waals surface area contributed by atoms with E-state index >= 15 is 0 Å². The number of aldehydes is 1. The molecule has 146 valence electrons. The van der Waals surface area contributed by atoms with Gasteiger partial charge >= 0.3 is 5.97 Å². The molecule has 0 aliphatic heterocycles. The Bertz CT molecular complexity index is 503. The van der Waals surface area contributed by atoms with E-state index in [0.717, 1.165) is 24.2 Å². The molecule has 1 aromatic carbocycles. The summed E-state index contributed by atoms with van der Waals surface area (Å²) in [6.45, 7) is 11.0. The third-order valence-electron chi connectivity index (χ3n) is 3.82. The summed E-state index contributed by atoms with van der Waals surface area (Å²) in [6.07, 6.45) is 8.91. The van der Waals surface area contributed by atoms with Gasteiger partial charge in [-0.25, -0.2) is 4.79 Å². The topological polar surface area (TPSA) is 43.4 Å². The second-order valence-corrected chi connectivity index (χ2v) is 7.51. The van der Waals surface area contributed by atoms with E-state index in [0.29, 0.717) is 12.5 Å². The molecular formula is C23H36O3. The van der Waals surface area contributed by atoms with Gasteiger partial charge in [0.05, 0.1) is 6.61 Å². The van der Waals surface area contributed by atoms with Crippen LogP contribution in [-0.2, 0) is 14.3 Å². The zero-order valence-electron chi connectivity index (χ0n) is 17.1. The summed E-state index contributed by atoms with van der Waals surface area (Å²) in [4.78, 5) is 21.1. The Morgan fingerprint density at radius 3 is 2.15 bits per heavy atom. The Kier molecular flexibility index (Phi) is 14.2. The second-order valence-electron chi connectivity index (χ2n) is 7.51. The summed E-state index contributed by atoms with van der Waals surface area (Å²) in [5.74, 6) is 1.34. The van der Waals surface area contributed by atoms with E-state index < -0.39 is 0 Å². The van der Waals surface area contributed by atoms with Crippen molar-refractivity contribution in [3.63, 3.8) is 0 Å². The molecular weight excluding hydrogens is 324 g/mol. The van der Waals surface area contributed by atoms with Crippen LogP contribution < -0.4 is 0 Å². The van der Waals surface area contributed by atoms with Crippen molar-refractivity contribution in [1.29, 1.82) is 0 Å². The third kappa shape index (κ3) is 15.6. The van der Waals surface area contributed by atoms with Crippen LogP contribution in [0.1, 0.15) is 65.9 Å². The van der Waals surface area contributed by atoms with Gasteiger partial charge in [-0.2, -0.15) is 0 Å². The van der Waals surface area contributed by atoms with Gasteiger partial charge in [-0.1, -0.05) is 84.2 Å². The van der Waals surface area contributed by atoms with Gasteiger partial charge in [-0.15, -0.1) is 0 Å². The molecule has 0 saturated carbocycles. The van der Waals surface area contributed by atoms with Gasteiger partial charge in [-0.05, 0) is 29.9 Å². The molecule has 0 fully saturated rings. The predicted molar refractivity (Wildman–Crippen MR) is 110 cm³/mol. The Hall–Kier alpha value is -1.90. The zero-order valence-corrected chi connectivity index (χ0v) is 17.1. The standard InChI is InChI=1S/C19H28O2.C4H8O/c1-16(2)8-7-9-17(3)14-15-21-19(20)13-12-18-10-5-4-6-11-18;1-4(2)3-5/h4-6,10-13,16-17H,7-9,14-15H2,1-3H3;3-4H,1-2H3/b13-12+;. The van der Waals surface area contributed by atoms with Crippen molar-refractivity contribution in [1.82, 2.24) is 0 Å². The van der Waals surface area contributed by atoms with E-state index in [9.17, 15) is 9.59 Å². The van der Waals surface area contributed by atoms with E-state index in [1.54, 1.807) is 6.08 Å². The molecule has 26 heavy (non-hydrogen) atoms. The maximum Gasteiger partial charge on any atom is 0.330 e. The minimum Gasteiger partial charge on any atom is -0.463 e. The van der Waals surface area contributed by atoms with Crippen molar-refractivity contribution >= 4 is 18.3 Å². The van der Waals surface area contributed by atoms with Gasteiger partial charge in [0.1, 0.15) is 6.29 Å². The summed E-state index contributed by atoms with van der Waals surface area (Å²) in [6, 6.07) is 9.77. The number of carbonyl (C=O) groups excluding carboxylic acids is 2.